The summed E-state index contributed by atoms with van der Waals surface area (Å²) in [6.45, 7) is 0. The van der Waals surface area contributed by atoms with Crippen LogP contribution < -0.4 is 5.32 Å². The first-order valence-electron chi connectivity index (χ1n) is 4.90. The van der Waals surface area contributed by atoms with Gasteiger partial charge in [0.2, 0.25) is 11.8 Å². The predicted molar refractivity (Wildman–Crippen MR) is 65.4 cm³/mol. The summed E-state index contributed by atoms with van der Waals surface area (Å²) >= 11 is 6.22. The van der Waals surface area contributed by atoms with Crippen molar-refractivity contribution in [1.29, 1.82) is 0 Å². The van der Waals surface area contributed by atoms with Crippen LogP contribution in [0.15, 0.2) is 39.9 Å². The molecule has 0 aromatic carbocycles. The maximum Gasteiger partial charge on any atom is 0.300 e. The molecule has 1 atom stereocenters. The van der Waals surface area contributed by atoms with Gasteiger partial charge in [-0.15, -0.1) is 4.99 Å². The first-order valence-corrected chi connectivity index (χ1v) is 5.24. The summed E-state index contributed by atoms with van der Waals surface area (Å²) in [5, 5.41) is 11.3. The molecule has 1 N–H and O–H groups in total. The van der Waals surface area contributed by atoms with Crippen molar-refractivity contribution in [3.05, 3.63) is 24.8 Å². The van der Waals surface area contributed by atoms with Crippen LogP contribution >= 0.6 is 11.8 Å². The first kappa shape index (κ1) is 10.2. The Bertz CT molecular complexity index is 582. The molecular weight excluding hydrogens is 242 g/mol. The smallest absolute Gasteiger partial charge is 0.300 e. The Balaban J connectivity index is 1.87. The van der Waals surface area contributed by atoms with E-state index in [0.29, 0.717) is 11.8 Å². The molecule has 17 heavy (non-hydrogen) atoms. The van der Waals surface area contributed by atoms with Crippen molar-refractivity contribution >= 4 is 35.5 Å². The zero-order valence-electron chi connectivity index (χ0n) is 8.95. The van der Waals surface area contributed by atoms with Gasteiger partial charge in [0.25, 0.3) is 11.8 Å². The van der Waals surface area contributed by atoms with Crippen molar-refractivity contribution in [2.24, 2.45) is 22.1 Å². The molecule has 1 unspecified atom stereocenters. The molecule has 0 bridgehead atoms. The van der Waals surface area contributed by atoms with Gasteiger partial charge in [0, 0.05) is 13.2 Å². The summed E-state index contributed by atoms with van der Waals surface area (Å²) in [6, 6.07) is 0. The largest absolute Gasteiger partial charge is 0.317 e. The van der Waals surface area contributed by atoms with Crippen LogP contribution in [-0.4, -0.2) is 31.9 Å². The Morgan fingerprint density at radius 1 is 1.47 bits per heavy atom. The van der Waals surface area contributed by atoms with E-state index in [4.69, 9.17) is 11.8 Å². The number of aromatic nitrogens is 2. The Labute approximate surface area is 102 Å². The molecule has 2 aliphatic heterocycles. The van der Waals surface area contributed by atoms with Crippen molar-refractivity contribution in [2.45, 2.75) is 0 Å². The summed E-state index contributed by atoms with van der Waals surface area (Å²) in [5.74, 6) is 0.988. The molecule has 0 fully saturated rings. The van der Waals surface area contributed by atoms with Gasteiger partial charge < -0.3 is 5.32 Å². The van der Waals surface area contributed by atoms with Crippen LogP contribution in [0.5, 0.6) is 0 Å². The summed E-state index contributed by atoms with van der Waals surface area (Å²) in [4.78, 5) is 8.20. The third-order valence-electron chi connectivity index (χ3n) is 2.28. The number of amidine groups is 1. The Hall–Kier alpha value is -1.99. The van der Waals surface area contributed by atoms with Crippen LogP contribution in [0.2, 0.25) is 0 Å². The molecule has 3 heterocycles. The molecule has 0 amide bonds. The number of anilines is 1. The van der Waals surface area contributed by atoms with E-state index in [1.54, 1.807) is 29.5 Å². The number of fused-ring (bicyclic) bond motifs is 1. The number of nitrogens with one attached hydrogen (secondary N) is 1. The summed E-state index contributed by atoms with van der Waals surface area (Å²) in [6.07, 6.45) is 8.31. The summed E-state index contributed by atoms with van der Waals surface area (Å²) in [7, 11) is 1.84. The van der Waals surface area contributed by atoms with Crippen LogP contribution in [-0.2, 0) is 7.05 Å². The van der Waals surface area contributed by atoms with Crippen LogP contribution in [0, 0.1) is 0 Å². The second-order valence-corrected chi connectivity index (χ2v) is 4.12. The highest BCUT2D eigenvalue weighted by Crippen LogP contribution is 2.24. The molecular formula is C9H9ClN7+. The lowest BCUT2D eigenvalue weighted by atomic mass is 10.5. The maximum atomic E-state index is 6.22. The van der Waals surface area contributed by atoms with E-state index < -0.39 is 0 Å². The Morgan fingerprint density at radius 3 is 3.06 bits per heavy atom. The first-order chi connectivity index (χ1) is 8.16. The third-order valence-corrected chi connectivity index (χ3v) is 2.64. The van der Waals surface area contributed by atoms with Crippen LogP contribution in [0.25, 0.3) is 0 Å². The topological polar surface area (TPSA) is 66.9 Å². The quantitative estimate of drug-likeness (QED) is 0.757. The zero-order chi connectivity index (χ0) is 11.9. The molecule has 1 aromatic heterocycles. The fourth-order valence-electron chi connectivity index (χ4n) is 1.51. The molecule has 8 heteroatoms. The molecule has 0 aliphatic carbocycles. The minimum Gasteiger partial charge on any atom is -0.317 e. The summed E-state index contributed by atoms with van der Waals surface area (Å²) in [5.41, 5.74) is 0.805. The molecule has 0 saturated carbocycles. The lowest BCUT2D eigenvalue weighted by Crippen LogP contribution is -2.33. The molecule has 2 aliphatic rings. The number of aryl methyl sites for hydroxylation is 1. The highest BCUT2D eigenvalue weighted by Gasteiger charge is 2.39. The predicted octanol–water partition coefficient (Wildman–Crippen LogP) is 1.04. The SMILES string of the molecule is Cn1cc(NC2=N[N+]3(Cl)C=CN=CC3=N2)cn1. The van der Waals surface area contributed by atoms with Gasteiger partial charge in [-0.25, -0.2) is 0 Å². The van der Waals surface area contributed by atoms with E-state index in [-0.39, 0.29) is 4.11 Å². The minimum atomic E-state index is -0.230. The zero-order valence-corrected chi connectivity index (χ0v) is 9.70. The minimum absolute atomic E-state index is 0.230. The van der Waals surface area contributed by atoms with Gasteiger partial charge in [-0.05, 0) is 9.21 Å². The number of nitrogens with zero attached hydrogens (tertiary/aromatic N) is 6. The van der Waals surface area contributed by atoms with E-state index in [9.17, 15) is 0 Å². The van der Waals surface area contributed by atoms with Crippen molar-refractivity contribution in [1.82, 2.24) is 9.78 Å². The highest BCUT2D eigenvalue weighted by molar-refractivity contribution is 6.36. The fourth-order valence-corrected chi connectivity index (χ4v) is 1.72. The van der Waals surface area contributed by atoms with Gasteiger partial charge in [-0.2, -0.15) is 5.10 Å². The van der Waals surface area contributed by atoms with E-state index in [1.807, 2.05) is 13.2 Å². The molecule has 1 aromatic rings. The third kappa shape index (κ3) is 1.75. The highest BCUT2D eigenvalue weighted by atomic mass is 35.5. The maximum absolute atomic E-state index is 6.22. The molecule has 3 rings (SSSR count). The standard InChI is InChI=1S/C9H9ClN7/c1-16-6-7(4-12-16)13-9-14-8-5-11-2-3-17(8,10)15-9/h2-6H,1H3,(H,13,15)/q+1. The van der Waals surface area contributed by atoms with Gasteiger partial charge in [0.15, 0.2) is 6.20 Å². The van der Waals surface area contributed by atoms with Gasteiger partial charge in [-0.1, -0.05) is 0 Å². The number of hydrogen-bond donors (Lipinski definition) is 1. The average molecular weight is 251 g/mol. The molecule has 0 spiro atoms. The van der Waals surface area contributed by atoms with Crippen LogP contribution in [0.4, 0.5) is 5.69 Å². The van der Waals surface area contributed by atoms with Gasteiger partial charge in [0.05, 0.1) is 18.1 Å². The Kier molecular flexibility index (Phi) is 2.10. The number of rotatable bonds is 1. The van der Waals surface area contributed by atoms with Crippen LogP contribution in [0.1, 0.15) is 0 Å². The molecule has 0 radical (unpaired) electrons. The molecule has 7 nitrogen and oxygen atoms in total. The number of quaternary nitrogens is 1. The van der Waals surface area contributed by atoms with E-state index in [2.05, 4.69) is 25.5 Å². The number of guanidine groups is 1. The normalized spacial score (nSPS) is 25.5. The summed E-state index contributed by atoms with van der Waals surface area (Å²) < 4.78 is 1.46. The molecule has 86 valence electrons. The van der Waals surface area contributed by atoms with Crippen molar-refractivity contribution in [3.63, 3.8) is 0 Å². The lowest BCUT2D eigenvalue weighted by Gasteiger charge is -2.11. The average Bonchev–Trinajstić information content (AvgIpc) is 2.81. The van der Waals surface area contributed by atoms with Gasteiger partial charge >= 0.3 is 0 Å². The number of hydrogen-bond acceptors (Lipinski definition) is 5. The monoisotopic (exact) mass is 250 g/mol. The van der Waals surface area contributed by atoms with Gasteiger partial charge in [-0.3, -0.25) is 9.67 Å². The van der Waals surface area contributed by atoms with Gasteiger partial charge in [0.1, 0.15) is 6.21 Å². The van der Waals surface area contributed by atoms with Crippen molar-refractivity contribution in [3.8, 4) is 0 Å². The Morgan fingerprint density at radius 2 is 2.35 bits per heavy atom. The van der Waals surface area contributed by atoms with Crippen molar-refractivity contribution in [2.75, 3.05) is 5.32 Å². The van der Waals surface area contributed by atoms with E-state index in [1.165, 1.54) is 0 Å². The fraction of sp³-hybridized carbons (Fsp3) is 0.111. The van der Waals surface area contributed by atoms with E-state index >= 15 is 0 Å². The second kappa shape index (κ2) is 3.51. The van der Waals surface area contributed by atoms with Crippen molar-refractivity contribution < 1.29 is 4.11 Å². The number of halogens is 1. The lowest BCUT2D eigenvalue weighted by molar-refractivity contribution is -0.659. The van der Waals surface area contributed by atoms with Crippen LogP contribution in [0.3, 0.4) is 0 Å². The number of aliphatic imine (C=N–C) groups is 2. The molecule has 0 saturated heterocycles. The second-order valence-electron chi connectivity index (χ2n) is 3.60. The van der Waals surface area contributed by atoms with E-state index in [0.717, 1.165) is 5.69 Å².